The third kappa shape index (κ3) is 3.24. The topological polar surface area (TPSA) is 78.8 Å². The second-order valence-electron chi connectivity index (χ2n) is 5.55. The van der Waals surface area contributed by atoms with Gasteiger partial charge in [0.1, 0.15) is 17.8 Å². The van der Waals surface area contributed by atoms with Crippen molar-refractivity contribution in [3.05, 3.63) is 24.3 Å². The molecule has 21 heavy (non-hydrogen) atoms. The predicted molar refractivity (Wildman–Crippen MR) is 81.0 cm³/mol. The van der Waals surface area contributed by atoms with E-state index in [4.69, 9.17) is 0 Å². The summed E-state index contributed by atoms with van der Waals surface area (Å²) >= 11 is 0. The number of para-hydroxylation sites is 1. The number of nitrogens with zero attached hydrogens (tertiary/aromatic N) is 2. The predicted octanol–water partition coefficient (Wildman–Crippen LogP) is 1.66. The van der Waals surface area contributed by atoms with Gasteiger partial charge in [-0.15, -0.1) is 0 Å². The Morgan fingerprint density at radius 1 is 1.33 bits per heavy atom. The van der Waals surface area contributed by atoms with Gasteiger partial charge in [0.15, 0.2) is 0 Å². The van der Waals surface area contributed by atoms with Gasteiger partial charge in [0.25, 0.3) is 10.0 Å². The van der Waals surface area contributed by atoms with Gasteiger partial charge in [-0.3, -0.25) is 4.79 Å². The van der Waals surface area contributed by atoms with Crippen LogP contribution < -0.4 is 5.32 Å². The van der Waals surface area contributed by atoms with Crippen LogP contribution in [0.1, 0.15) is 27.2 Å². The fraction of sp³-hybridized carbons (Fsp3) is 0.429. The zero-order valence-corrected chi connectivity index (χ0v) is 13.1. The van der Waals surface area contributed by atoms with Gasteiger partial charge in [0.2, 0.25) is 5.91 Å². The normalized spacial score (nSPS) is 16.4. The molecule has 1 aliphatic heterocycles. The zero-order valence-electron chi connectivity index (χ0n) is 12.3. The smallest absolute Gasteiger partial charge is 0.267 e. The lowest BCUT2D eigenvalue weighted by Gasteiger charge is -2.28. The van der Waals surface area contributed by atoms with Crippen molar-refractivity contribution in [2.75, 3.05) is 6.54 Å². The fourth-order valence-corrected chi connectivity index (χ4v) is 3.22. The minimum Gasteiger partial charge on any atom is -0.350 e. The molecule has 1 heterocycles. The van der Waals surface area contributed by atoms with Crippen LogP contribution >= 0.6 is 0 Å². The minimum atomic E-state index is -3.72. The lowest BCUT2D eigenvalue weighted by molar-refractivity contribution is -0.122. The molecule has 0 fully saturated rings. The minimum absolute atomic E-state index is 0.120. The molecule has 0 spiro atoms. The van der Waals surface area contributed by atoms with E-state index in [0.29, 0.717) is 5.69 Å². The van der Waals surface area contributed by atoms with Crippen LogP contribution in [0.5, 0.6) is 0 Å². The van der Waals surface area contributed by atoms with E-state index in [1.807, 2.05) is 20.8 Å². The number of hydrogen-bond donors (Lipinski definition) is 1. The van der Waals surface area contributed by atoms with Gasteiger partial charge in [-0.1, -0.05) is 19.1 Å². The zero-order chi connectivity index (χ0) is 15.7. The summed E-state index contributed by atoms with van der Waals surface area (Å²) in [4.78, 5) is 16.2. The molecular weight excluding hydrogens is 290 g/mol. The molecule has 7 heteroatoms. The molecule has 1 aliphatic rings. The van der Waals surface area contributed by atoms with Crippen LogP contribution in [0.3, 0.4) is 0 Å². The van der Waals surface area contributed by atoms with E-state index in [2.05, 4.69) is 10.3 Å². The summed E-state index contributed by atoms with van der Waals surface area (Å²) in [6.45, 7) is 5.46. The number of carbonyl (C=O) groups is 1. The quantitative estimate of drug-likeness (QED) is 0.918. The Morgan fingerprint density at radius 2 is 2.00 bits per heavy atom. The first-order valence-corrected chi connectivity index (χ1v) is 8.16. The number of fused-ring (bicyclic) bond motifs is 1. The Kier molecular flexibility index (Phi) is 4.04. The van der Waals surface area contributed by atoms with Crippen molar-refractivity contribution < 1.29 is 13.2 Å². The number of nitrogens with one attached hydrogen (secondary N) is 1. The van der Waals surface area contributed by atoms with Gasteiger partial charge in [0.05, 0.1) is 5.69 Å². The Morgan fingerprint density at radius 3 is 2.67 bits per heavy atom. The second kappa shape index (κ2) is 5.48. The van der Waals surface area contributed by atoms with Crippen LogP contribution in [0.2, 0.25) is 0 Å². The molecule has 6 nitrogen and oxygen atoms in total. The molecule has 0 saturated heterocycles. The van der Waals surface area contributed by atoms with E-state index in [9.17, 15) is 13.2 Å². The van der Waals surface area contributed by atoms with Crippen LogP contribution in [0.4, 0.5) is 5.69 Å². The average Bonchev–Trinajstić information content (AvgIpc) is 2.42. The van der Waals surface area contributed by atoms with E-state index < -0.39 is 10.0 Å². The SMILES string of the molecule is CCC(C)(C)NC(=O)CN1C=Nc2ccccc2S1(=O)=O. The van der Waals surface area contributed by atoms with Crippen molar-refractivity contribution >= 4 is 28.0 Å². The van der Waals surface area contributed by atoms with Crippen LogP contribution in [-0.4, -0.2) is 37.1 Å². The van der Waals surface area contributed by atoms with Gasteiger partial charge in [0, 0.05) is 5.54 Å². The molecule has 0 atom stereocenters. The lowest BCUT2D eigenvalue weighted by Crippen LogP contribution is -2.48. The highest BCUT2D eigenvalue weighted by atomic mass is 32.2. The molecule has 114 valence electrons. The third-order valence-electron chi connectivity index (χ3n) is 3.44. The maximum Gasteiger partial charge on any atom is 0.267 e. The van der Waals surface area contributed by atoms with Crippen LogP contribution in [0.15, 0.2) is 34.2 Å². The molecule has 1 aromatic rings. The summed E-state index contributed by atoms with van der Waals surface area (Å²) in [5, 5.41) is 2.81. The summed E-state index contributed by atoms with van der Waals surface area (Å²) in [5.41, 5.74) is 0.0223. The molecule has 1 aromatic carbocycles. The van der Waals surface area contributed by atoms with E-state index in [1.165, 1.54) is 12.4 Å². The van der Waals surface area contributed by atoms with Gasteiger partial charge in [-0.05, 0) is 32.4 Å². The van der Waals surface area contributed by atoms with E-state index in [0.717, 1.165) is 10.7 Å². The number of hydrogen-bond acceptors (Lipinski definition) is 4. The molecule has 1 amide bonds. The Labute approximate surface area is 124 Å². The molecule has 0 bridgehead atoms. The van der Waals surface area contributed by atoms with E-state index >= 15 is 0 Å². The Balaban J connectivity index is 2.19. The standard InChI is InChI=1S/C14H19N3O3S/c1-4-14(2,3)16-13(18)9-17-10-15-11-7-5-6-8-12(11)21(17,19)20/h5-8,10H,4,9H2,1-3H3,(H,16,18). The maximum absolute atomic E-state index is 12.4. The lowest BCUT2D eigenvalue weighted by atomic mass is 10.0. The van der Waals surface area contributed by atoms with E-state index in [1.54, 1.807) is 18.2 Å². The number of amides is 1. The maximum atomic E-state index is 12.4. The highest BCUT2D eigenvalue weighted by molar-refractivity contribution is 7.89. The summed E-state index contributed by atoms with van der Waals surface area (Å²) in [6, 6.07) is 6.47. The largest absolute Gasteiger partial charge is 0.350 e. The van der Waals surface area contributed by atoms with Crippen molar-refractivity contribution in [3.63, 3.8) is 0 Å². The first-order valence-electron chi connectivity index (χ1n) is 6.72. The molecule has 0 unspecified atom stereocenters. The molecule has 2 rings (SSSR count). The van der Waals surface area contributed by atoms with Crippen molar-refractivity contribution in [2.45, 2.75) is 37.6 Å². The third-order valence-corrected chi connectivity index (χ3v) is 5.18. The monoisotopic (exact) mass is 309 g/mol. The molecule has 0 aliphatic carbocycles. The summed E-state index contributed by atoms with van der Waals surface area (Å²) in [7, 11) is -3.72. The first kappa shape index (κ1) is 15.5. The number of sulfonamides is 1. The van der Waals surface area contributed by atoms with E-state index in [-0.39, 0.29) is 22.9 Å². The highest BCUT2D eigenvalue weighted by Gasteiger charge is 2.30. The molecule has 1 N–H and O–H groups in total. The van der Waals surface area contributed by atoms with Crippen LogP contribution in [0.25, 0.3) is 0 Å². The summed E-state index contributed by atoms with van der Waals surface area (Å²) in [6.07, 6.45) is 1.94. The van der Waals surface area contributed by atoms with Crippen molar-refractivity contribution in [2.24, 2.45) is 4.99 Å². The Bertz CT molecular complexity index is 680. The average molecular weight is 309 g/mol. The first-order chi connectivity index (χ1) is 9.76. The summed E-state index contributed by atoms with van der Waals surface area (Å²) < 4.78 is 25.8. The highest BCUT2D eigenvalue weighted by Crippen LogP contribution is 2.29. The summed E-state index contributed by atoms with van der Waals surface area (Å²) in [5.74, 6) is -0.351. The fourth-order valence-electron chi connectivity index (χ4n) is 1.87. The second-order valence-corrected chi connectivity index (χ2v) is 7.41. The molecular formula is C14H19N3O3S. The van der Waals surface area contributed by atoms with Gasteiger partial charge in [-0.25, -0.2) is 17.7 Å². The number of aliphatic imine (C=N–C) groups is 1. The number of benzene rings is 1. The number of rotatable bonds is 4. The van der Waals surface area contributed by atoms with Crippen molar-refractivity contribution in [1.82, 2.24) is 9.62 Å². The Hall–Kier alpha value is -1.89. The van der Waals surface area contributed by atoms with Gasteiger partial charge >= 0.3 is 0 Å². The van der Waals surface area contributed by atoms with Gasteiger partial charge in [-0.2, -0.15) is 0 Å². The molecule has 0 radical (unpaired) electrons. The number of carbonyl (C=O) groups excluding carboxylic acids is 1. The van der Waals surface area contributed by atoms with Crippen molar-refractivity contribution in [1.29, 1.82) is 0 Å². The molecule has 0 aromatic heterocycles. The van der Waals surface area contributed by atoms with Crippen LogP contribution in [-0.2, 0) is 14.8 Å². The van der Waals surface area contributed by atoms with Gasteiger partial charge < -0.3 is 5.32 Å². The van der Waals surface area contributed by atoms with Crippen molar-refractivity contribution in [3.8, 4) is 0 Å². The molecule has 0 saturated carbocycles. The van der Waals surface area contributed by atoms with Crippen LogP contribution in [0, 0.1) is 0 Å².